The number of amides is 2. The van der Waals surface area contributed by atoms with Gasteiger partial charge in [0.1, 0.15) is 23.6 Å². The predicted octanol–water partition coefficient (Wildman–Crippen LogP) is 3.98. The van der Waals surface area contributed by atoms with Gasteiger partial charge in [0.2, 0.25) is 5.91 Å². The Kier molecular flexibility index (Phi) is 8.12. The highest BCUT2D eigenvalue weighted by atomic mass is 32.1. The van der Waals surface area contributed by atoms with E-state index in [1.165, 1.54) is 39.0 Å². The minimum Gasteiger partial charge on any atom is -0.434 e. The van der Waals surface area contributed by atoms with Crippen LogP contribution in [0.15, 0.2) is 54.4 Å². The Bertz CT molecular complexity index is 1840. The number of alkyl halides is 2. The van der Waals surface area contributed by atoms with Crippen molar-refractivity contribution in [2.24, 2.45) is 0 Å². The van der Waals surface area contributed by atoms with Crippen LogP contribution in [-0.2, 0) is 16.1 Å². The fourth-order valence-corrected chi connectivity index (χ4v) is 6.81. The summed E-state index contributed by atoms with van der Waals surface area (Å²) >= 11 is 1.43. The molecule has 4 aromatic heterocycles. The largest absolute Gasteiger partial charge is 0.434 e. The summed E-state index contributed by atoms with van der Waals surface area (Å²) in [5, 5.41) is 14.2. The molecule has 0 bridgehead atoms. The van der Waals surface area contributed by atoms with Crippen molar-refractivity contribution in [3.05, 3.63) is 60.0 Å². The van der Waals surface area contributed by atoms with Crippen LogP contribution in [0.5, 0.6) is 5.75 Å². The Morgan fingerprint density at radius 3 is 2.78 bits per heavy atom. The Balaban J connectivity index is 1.18. The molecule has 0 aliphatic carbocycles. The smallest absolute Gasteiger partial charge is 0.387 e. The molecule has 2 fully saturated rings. The van der Waals surface area contributed by atoms with E-state index in [1.54, 1.807) is 24.5 Å². The number of nitrogens with one attached hydrogen (secondary N) is 1. The van der Waals surface area contributed by atoms with Gasteiger partial charge >= 0.3 is 6.61 Å². The Morgan fingerprint density at radius 2 is 1.98 bits per heavy atom. The quantitative estimate of drug-likeness (QED) is 0.272. The normalized spacial score (nSPS) is 16.6. The van der Waals surface area contributed by atoms with E-state index >= 15 is 0 Å². The van der Waals surface area contributed by atoms with Gasteiger partial charge in [0.05, 0.1) is 25.1 Å². The van der Waals surface area contributed by atoms with Crippen LogP contribution in [0.4, 0.5) is 14.5 Å². The van der Waals surface area contributed by atoms with Gasteiger partial charge in [-0.1, -0.05) is 0 Å². The zero-order valence-electron chi connectivity index (χ0n) is 24.1. The van der Waals surface area contributed by atoms with Crippen LogP contribution in [-0.4, -0.2) is 98.0 Å². The molecule has 2 amide bonds. The van der Waals surface area contributed by atoms with Crippen LogP contribution in [0, 0.1) is 0 Å². The Morgan fingerprint density at radius 1 is 1.16 bits per heavy atom. The zero-order valence-corrected chi connectivity index (χ0v) is 25.0. The fourth-order valence-electron chi connectivity index (χ4n) is 6.00. The van der Waals surface area contributed by atoms with Gasteiger partial charge < -0.3 is 19.7 Å². The van der Waals surface area contributed by atoms with Gasteiger partial charge in [-0.05, 0) is 47.9 Å². The van der Waals surface area contributed by atoms with Gasteiger partial charge in [-0.25, -0.2) is 9.50 Å². The molecule has 2 aliphatic rings. The lowest BCUT2D eigenvalue weighted by Crippen LogP contribution is -2.50. The summed E-state index contributed by atoms with van der Waals surface area (Å²) < 4.78 is 41.2. The monoisotopic (exact) mass is 636 g/mol. The third-order valence-corrected chi connectivity index (χ3v) is 9.12. The molecule has 0 spiro atoms. The molecule has 1 N–H and O–H groups in total. The molecule has 45 heavy (non-hydrogen) atoms. The Labute approximate surface area is 260 Å². The molecule has 234 valence electrons. The summed E-state index contributed by atoms with van der Waals surface area (Å²) in [5.41, 5.74) is 1.24. The lowest BCUT2D eigenvalue weighted by molar-refractivity contribution is -0.133. The molecule has 12 nitrogen and oxygen atoms in total. The minimum absolute atomic E-state index is 0.0877. The number of likely N-dealkylation sites (tertiary alicyclic amines) is 1. The van der Waals surface area contributed by atoms with Crippen LogP contribution in [0.3, 0.4) is 0 Å². The van der Waals surface area contributed by atoms with Crippen molar-refractivity contribution in [3.63, 3.8) is 0 Å². The van der Waals surface area contributed by atoms with Crippen LogP contribution < -0.4 is 10.1 Å². The van der Waals surface area contributed by atoms with Crippen molar-refractivity contribution in [3.8, 4) is 17.0 Å². The van der Waals surface area contributed by atoms with Crippen LogP contribution in [0.2, 0.25) is 0 Å². The molecule has 6 heterocycles. The van der Waals surface area contributed by atoms with E-state index in [0.29, 0.717) is 24.8 Å². The number of aromatic nitrogens is 5. The molecule has 1 aromatic carbocycles. The highest BCUT2D eigenvalue weighted by molar-refractivity contribution is 7.17. The van der Waals surface area contributed by atoms with Crippen molar-refractivity contribution >= 4 is 44.6 Å². The van der Waals surface area contributed by atoms with E-state index in [4.69, 9.17) is 9.47 Å². The van der Waals surface area contributed by atoms with Crippen LogP contribution in [0.1, 0.15) is 23.2 Å². The molecule has 0 radical (unpaired) electrons. The van der Waals surface area contributed by atoms with Crippen molar-refractivity contribution in [2.75, 3.05) is 44.7 Å². The minimum atomic E-state index is -3.08. The maximum atomic E-state index is 13.5. The SMILES string of the molecule is O=C(Nc1cn(CC(=O)N2CCC(N3CCOCC3)CC2)nc1-c1cc2sccc2cc1OC(F)F)c1cnn2cccnc12. The summed E-state index contributed by atoms with van der Waals surface area (Å²) in [6.07, 6.45) is 7.91. The second kappa shape index (κ2) is 12.5. The number of carbonyl (C=O) groups is 2. The lowest BCUT2D eigenvalue weighted by Gasteiger charge is -2.40. The van der Waals surface area contributed by atoms with E-state index < -0.39 is 12.5 Å². The van der Waals surface area contributed by atoms with E-state index in [1.807, 2.05) is 16.3 Å². The van der Waals surface area contributed by atoms with Gasteiger partial charge in [-0.15, -0.1) is 11.3 Å². The number of rotatable bonds is 8. The number of hydrogen-bond donors (Lipinski definition) is 1. The highest BCUT2D eigenvalue weighted by Crippen LogP contribution is 2.39. The zero-order chi connectivity index (χ0) is 30.9. The van der Waals surface area contributed by atoms with E-state index in [2.05, 4.69) is 25.4 Å². The second-order valence-corrected chi connectivity index (χ2v) is 11.9. The molecule has 15 heteroatoms. The van der Waals surface area contributed by atoms with Gasteiger partial charge in [-0.2, -0.15) is 19.0 Å². The first-order valence-corrected chi connectivity index (χ1v) is 15.5. The number of halogens is 2. The average molecular weight is 637 g/mol. The number of morpholine rings is 1. The molecular formula is C30H30F2N8O4S. The number of thiophene rings is 1. The third-order valence-electron chi connectivity index (χ3n) is 8.24. The van der Waals surface area contributed by atoms with Crippen molar-refractivity contribution in [1.82, 2.24) is 34.2 Å². The number of ether oxygens (including phenoxy) is 2. The number of benzene rings is 1. The van der Waals surface area contributed by atoms with Crippen LogP contribution >= 0.6 is 11.3 Å². The summed E-state index contributed by atoms with van der Waals surface area (Å²) in [7, 11) is 0. The summed E-state index contributed by atoms with van der Waals surface area (Å²) in [4.78, 5) is 35.4. The summed E-state index contributed by atoms with van der Waals surface area (Å²) in [5.74, 6) is -0.729. The van der Waals surface area contributed by atoms with E-state index in [9.17, 15) is 18.4 Å². The first kappa shape index (κ1) is 29.3. The van der Waals surface area contributed by atoms with Crippen molar-refractivity contribution in [1.29, 1.82) is 0 Å². The molecule has 0 unspecified atom stereocenters. The fraction of sp³-hybridized carbons (Fsp3) is 0.367. The highest BCUT2D eigenvalue weighted by Gasteiger charge is 2.29. The number of fused-ring (bicyclic) bond motifs is 2. The molecule has 0 atom stereocenters. The first-order chi connectivity index (χ1) is 21.9. The summed E-state index contributed by atoms with van der Waals surface area (Å²) in [6.45, 7) is 1.37. The standard InChI is InChI=1S/C30H30F2N8O4S/c31-30(32)44-24-14-19-4-13-45-25(19)15-21(24)27-23(35-29(42)22-16-34-40-6-1-5-33-28(22)40)17-39(36-27)18-26(41)38-7-2-20(3-8-38)37-9-11-43-12-10-37/h1,4-6,13-17,20,30H,2-3,7-12,18H2,(H,35,42). The number of carbonyl (C=O) groups excluding carboxylic acids is 2. The third kappa shape index (κ3) is 6.10. The lowest BCUT2D eigenvalue weighted by atomic mass is 10.0. The second-order valence-electron chi connectivity index (χ2n) is 10.9. The summed E-state index contributed by atoms with van der Waals surface area (Å²) in [6, 6.07) is 7.15. The number of anilines is 1. The van der Waals surface area contributed by atoms with Crippen molar-refractivity contribution < 1.29 is 27.8 Å². The van der Waals surface area contributed by atoms with E-state index in [-0.39, 0.29) is 40.7 Å². The van der Waals surface area contributed by atoms with Gasteiger partial charge in [0.15, 0.2) is 5.65 Å². The first-order valence-electron chi connectivity index (χ1n) is 14.7. The maximum Gasteiger partial charge on any atom is 0.387 e. The number of hydrogen-bond acceptors (Lipinski definition) is 9. The molecule has 2 aliphatic heterocycles. The number of nitrogens with zero attached hydrogens (tertiary/aromatic N) is 7. The molecular weight excluding hydrogens is 606 g/mol. The predicted molar refractivity (Wildman–Crippen MR) is 163 cm³/mol. The number of piperidine rings is 1. The van der Waals surface area contributed by atoms with Gasteiger partial charge in [-0.3, -0.25) is 19.2 Å². The molecule has 2 saturated heterocycles. The molecule has 5 aromatic rings. The molecule has 7 rings (SSSR count). The van der Waals surface area contributed by atoms with Crippen LogP contribution in [0.25, 0.3) is 27.0 Å². The maximum absolute atomic E-state index is 13.5. The Hall–Kier alpha value is -4.47. The molecule has 0 saturated carbocycles. The average Bonchev–Trinajstić information content (AvgIpc) is 3.79. The van der Waals surface area contributed by atoms with Gasteiger partial charge in [0, 0.05) is 61.1 Å². The van der Waals surface area contributed by atoms with Gasteiger partial charge in [0.25, 0.3) is 5.91 Å². The topological polar surface area (TPSA) is 119 Å². The van der Waals surface area contributed by atoms with Crippen molar-refractivity contribution in [2.45, 2.75) is 32.0 Å². The van der Waals surface area contributed by atoms with E-state index in [0.717, 1.165) is 49.2 Å².